The van der Waals surface area contributed by atoms with Crippen molar-refractivity contribution in [3.8, 4) is 0 Å². The van der Waals surface area contributed by atoms with E-state index in [2.05, 4.69) is 10.1 Å². The highest BCUT2D eigenvalue weighted by molar-refractivity contribution is 7.91. The Morgan fingerprint density at radius 1 is 1.44 bits per heavy atom. The van der Waals surface area contributed by atoms with Crippen molar-refractivity contribution in [2.24, 2.45) is 5.73 Å². The number of hydrogen-bond donors (Lipinski definition) is 1. The number of sulfone groups is 1. The molecule has 2 N–H and O–H groups in total. The molecule has 1 heterocycles. The van der Waals surface area contributed by atoms with Gasteiger partial charge in [-0.15, -0.1) is 0 Å². The maximum absolute atomic E-state index is 11.5. The van der Waals surface area contributed by atoms with Gasteiger partial charge in [0.05, 0.1) is 0 Å². The average molecular weight is 247 g/mol. The zero-order valence-corrected chi connectivity index (χ0v) is 10.5. The van der Waals surface area contributed by atoms with Gasteiger partial charge in [-0.2, -0.15) is 4.98 Å². The third-order valence-corrected chi connectivity index (χ3v) is 4.54. The minimum atomic E-state index is -3.28. The summed E-state index contributed by atoms with van der Waals surface area (Å²) in [6.07, 6.45) is 2.49. The van der Waals surface area contributed by atoms with Crippen molar-refractivity contribution >= 4 is 9.84 Å². The number of nitrogens with zero attached hydrogens (tertiary/aromatic N) is 2. The molecule has 1 aromatic heterocycles. The number of aromatic nitrogens is 2. The zero-order chi connectivity index (χ0) is 12.4. The Kier molecular flexibility index (Phi) is 3.69. The van der Waals surface area contributed by atoms with Gasteiger partial charge < -0.3 is 10.3 Å². The Bertz CT molecular complexity index is 450. The van der Waals surface area contributed by atoms with E-state index in [0.717, 1.165) is 12.7 Å². The van der Waals surface area contributed by atoms with E-state index in [0.29, 0.717) is 18.8 Å². The van der Waals surface area contributed by atoms with Crippen LogP contribution in [0.5, 0.6) is 0 Å². The normalized spacial score (nSPS) is 13.0. The monoisotopic (exact) mass is 247 g/mol. The summed E-state index contributed by atoms with van der Waals surface area (Å²) in [5.74, 6) is 0.624. The summed E-state index contributed by atoms with van der Waals surface area (Å²) < 4.78 is 26.9. The first-order valence-corrected chi connectivity index (χ1v) is 6.91. The molecule has 6 nitrogen and oxygen atoms in total. The van der Waals surface area contributed by atoms with Crippen LogP contribution < -0.4 is 5.73 Å². The Labute approximate surface area is 95.1 Å². The van der Waals surface area contributed by atoms with Gasteiger partial charge in [-0.1, -0.05) is 5.16 Å². The van der Waals surface area contributed by atoms with Crippen LogP contribution in [-0.2, 0) is 21.0 Å². The highest BCUT2D eigenvalue weighted by atomic mass is 32.2. The first kappa shape index (κ1) is 13.1. The molecular formula is C9H17N3O3S. The second-order valence-corrected chi connectivity index (χ2v) is 6.76. The minimum absolute atomic E-state index is 0.127. The lowest BCUT2D eigenvalue weighted by Crippen LogP contribution is -2.28. The van der Waals surface area contributed by atoms with Crippen molar-refractivity contribution in [1.29, 1.82) is 0 Å². The second-order valence-electron chi connectivity index (χ2n) is 4.19. The van der Waals surface area contributed by atoms with E-state index in [-0.39, 0.29) is 5.89 Å². The van der Waals surface area contributed by atoms with E-state index in [9.17, 15) is 8.42 Å². The zero-order valence-electron chi connectivity index (χ0n) is 9.73. The third kappa shape index (κ3) is 2.59. The molecule has 0 radical (unpaired) electrons. The average Bonchev–Trinajstić information content (AvgIpc) is 2.61. The minimum Gasteiger partial charge on any atom is -0.338 e. The van der Waals surface area contributed by atoms with Crippen LogP contribution in [0.4, 0.5) is 0 Å². The van der Waals surface area contributed by atoms with Gasteiger partial charge in [0.1, 0.15) is 4.75 Å². The molecule has 0 bridgehead atoms. The summed E-state index contributed by atoms with van der Waals surface area (Å²) >= 11 is 0. The van der Waals surface area contributed by atoms with E-state index in [1.807, 2.05) is 0 Å². The van der Waals surface area contributed by atoms with E-state index < -0.39 is 14.6 Å². The van der Waals surface area contributed by atoms with Crippen molar-refractivity contribution in [2.45, 2.75) is 31.4 Å². The van der Waals surface area contributed by atoms with Crippen LogP contribution in [-0.4, -0.2) is 31.4 Å². The molecule has 0 spiro atoms. The Morgan fingerprint density at radius 3 is 2.56 bits per heavy atom. The smallest absolute Gasteiger partial charge is 0.247 e. The Morgan fingerprint density at radius 2 is 2.06 bits per heavy atom. The lowest BCUT2D eigenvalue weighted by Gasteiger charge is -2.16. The molecule has 0 aromatic carbocycles. The summed E-state index contributed by atoms with van der Waals surface area (Å²) in [6, 6.07) is 0. The van der Waals surface area contributed by atoms with Crippen molar-refractivity contribution in [2.75, 3.05) is 12.8 Å². The van der Waals surface area contributed by atoms with Crippen LogP contribution in [0.25, 0.3) is 0 Å². The summed E-state index contributed by atoms with van der Waals surface area (Å²) in [7, 11) is -3.28. The molecule has 0 atom stereocenters. The number of hydrogen-bond acceptors (Lipinski definition) is 6. The van der Waals surface area contributed by atoms with Crippen molar-refractivity contribution in [3.05, 3.63) is 11.7 Å². The van der Waals surface area contributed by atoms with E-state index in [4.69, 9.17) is 10.3 Å². The molecule has 0 aliphatic carbocycles. The maximum atomic E-state index is 11.5. The lowest BCUT2D eigenvalue weighted by atomic mass is 10.2. The molecule has 0 unspecified atom stereocenters. The highest BCUT2D eigenvalue weighted by Gasteiger charge is 2.38. The van der Waals surface area contributed by atoms with Gasteiger partial charge in [-0.3, -0.25) is 0 Å². The fourth-order valence-electron chi connectivity index (χ4n) is 1.02. The second kappa shape index (κ2) is 4.50. The van der Waals surface area contributed by atoms with Crippen LogP contribution in [0.2, 0.25) is 0 Å². The van der Waals surface area contributed by atoms with Crippen molar-refractivity contribution in [1.82, 2.24) is 10.1 Å². The summed E-state index contributed by atoms with van der Waals surface area (Å²) in [4.78, 5) is 4.07. The molecule has 0 aliphatic heterocycles. The summed E-state index contributed by atoms with van der Waals surface area (Å²) in [5.41, 5.74) is 5.36. The molecule has 1 aromatic rings. The van der Waals surface area contributed by atoms with Crippen LogP contribution >= 0.6 is 0 Å². The van der Waals surface area contributed by atoms with Crippen LogP contribution in [0.15, 0.2) is 4.52 Å². The standard InChI is InChI=1S/C9H17N3O3S/c1-9(2,16(3,13)14)8-11-7(12-15-8)5-4-6-10/h4-6,10H2,1-3H3. The van der Waals surface area contributed by atoms with E-state index >= 15 is 0 Å². The Hall–Kier alpha value is -0.950. The van der Waals surface area contributed by atoms with E-state index in [1.165, 1.54) is 0 Å². The SMILES string of the molecule is CC(C)(c1nc(CCCN)no1)S(C)(=O)=O. The summed E-state index contributed by atoms with van der Waals surface area (Å²) in [5, 5.41) is 3.73. The first-order chi connectivity index (χ1) is 7.29. The molecular weight excluding hydrogens is 230 g/mol. The molecule has 16 heavy (non-hydrogen) atoms. The van der Waals surface area contributed by atoms with Gasteiger partial charge in [-0.25, -0.2) is 8.42 Å². The summed E-state index contributed by atoms with van der Waals surface area (Å²) in [6.45, 7) is 3.63. The van der Waals surface area contributed by atoms with E-state index in [1.54, 1.807) is 13.8 Å². The van der Waals surface area contributed by atoms with Crippen LogP contribution in [0.1, 0.15) is 32.0 Å². The largest absolute Gasteiger partial charge is 0.338 e. The molecule has 92 valence electrons. The topological polar surface area (TPSA) is 99.1 Å². The fraction of sp³-hybridized carbons (Fsp3) is 0.778. The molecule has 0 aliphatic rings. The molecule has 7 heteroatoms. The fourth-order valence-corrected chi connectivity index (χ4v) is 1.42. The van der Waals surface area contributed by atoms with Gasteiger partial charge in [0.15, 0.2) is 15.7 Å². The molecule has 0 fully saturated rings. The van der Waals surface area contributed by atoms with Crippen LogP contribution in [0.3, 0.4) is 0 Å². The van der Waals surface area contributed by atoms with Gasteiger partial charge in [0.25, 0.3) is 0 Å². The van der Waals surface area contributed by atoms with Gasteiger partial charge in [0, 0.05) is 12.7 Å². The molecule has 0 amide bonds. The third-order valence-electron chi connectivity index (χ3n) is 2.51. The first-order valence-electron chi connectivity index (χ1n) is 5.02. The predicted molar refractivity (Wildman–Crippen MR) is 59.5 cm³/mol. The predicted octanol–water partition coefficient (Wildman–Crippen LogP) is 0.241. The lowest BCUT2D eigenvalue weighted by molar-refractivity contribution is 0.343. The number of aryl methyl sites for hydroxylation is 1. The number of nitrogens with two attached hydrogens (primary N) is 1. The molecule has 1 rings (SSSR count). The maximum Gasteiger partial charge on any atom is 0.247 e. The quantitative estimate of drug-likeness (QED) is 0.800. The number of rotatable bonds is 5. The van der Waals surface area contributed by atoms with Crippen molar-refractivity contribution in [3.63, 3.8) is 0 Å². The molecule has 0 saturated carbocycles. The Balaban J connectivity index is 2.94. The van der Waals surface area contributed by atoms with Gasteiger partial charge >= 0.3 is 0 Å². The van der Waals surface area contributed by atoms with Crippen molar-refractivity contribution < 1.29 is 12.9 Å². The van der Waals surface area contributed by atoms with Gasteiger partial charge in [-0.05, 0) is 26.8 Å². The van der Waals surface area contributed by atoms with Crippen LogP contribution in [0, 0.1) is 0 Å². The molecule has 0 saturated heterocycles. The van der Waals surface area contributed by atoms with Gasteiger partial charge in [0.2, 0.25) is 5.89 Å². The highest BCUT2D eigenvalue weighted by Crippen LogP contribution is 2.27.